The van der Waals surface area contributed by atoms with Crippen LogP contribution in [0.2, 0.25) is 0 Å². The van der Waals surface area contributed by atoms with Crippen LogP contribution in [0.5, 0.6) is 0 Å². The highest BCUT2D eigenvalue weighted by Gasteiger charge is 2.38. The van der Waals surface area contributed by atoms with Crippen molar-refractivity contribution >= 4 is 0 Å². The van der Waals surface area contributed by atoms with Crippen LogP contribution < -0.4 is 0 Å². The smallest absolute Gasteiger partial charge is 0.0269 e. The molecule has 0 saturated heterocycles. The first-order valence-electron chi connectivity index (χ1n) is 18.6. The topological polar surface area (TPSA) is 0 Å². The van der Waals surface area contributed by atoms with Gasteiger partial charge in [-0.25, -0.2) is 0 Å². The lowest BCUT2D eigenvalue weighted by Crippen LogP contribution is -2.34. The van der Waals surface area contributed by atoms with E-state index < -0.39 is 0 Å². The fourth-order valence-electron chi connectivity index (χ4n) is 5.24. The molecule has 0 amide bonds. The molecule has 0 aliphatic heterocycles. The zero-order chi connectivity index (χ0) is 32.1. The van der Waals surface area contributed by atoms with E-state index in [4.69, 9.17) is 0 Å². The third-order valence-electron chi connectivity index (χ3n) is 6.97. The first-order chi connectivity index (χ1) is 18.6. The highest BCUT2D eigenvalue weighted by atomic mass is 14.4. The number of hydrogen-bond acceptors (Lipinski definition) is 0. The van der Waals surface area contributed by atoms with Gasteiger partial charge in [-0.05, 0) is 48.3 Å². The van der Waals surface area contributed by atoms with Crippen LogP contribution in [0.1, 0.15) is 227 Å². The van der Waals surface area contributed by atoms with Gasteiger partial charge in [-0.1, -0.05) is 208 Å². The quantitative estimate of drug-likeness (QED) is 0.209. The Hall–Kier alpha value is 0. The highest BCUT2D eigenvalue weighted by molar-refractivity contribution is 4.89. The summed E-state index contributed by atoms with van der Waals surface area (Å²) in [6, 6.07) is 0. The zero-order valence-electron chi connectivity index (χ0n) is 32.1. The zero-order valence-corrected chi connectivity index (χ0v) is 32.1. The van der Waals surface area contributed by atoms with Gasteiger partial charge in [0.05, 0.1) is 0 Å². The molecule has 246 valence electrons. The molecule has 1 fully saturated rings. The molecule has 1 aliphatic carbocycles. The minimum atomic E-state index is 0.698. The average Bonchev–Trinajstić information content (AvgIpc) is 2.91. The second-order valence-electron chi connectivity index (χ2n) is 12.2. The predicted octanol–water partition coefficient (Wildman–Crippen LogP) is 16.0. The molecule has 0 heteroatoms. The van der Waals surface area contributed by atoms with Crippen LogP contribution in [-0.2, 0) is 0 Å². The largest absolute Gasteiger partial charge is 0.0683 e. The molecule has 1 rings (SSSR count). The third-order valence-corrected chi connectivity index (χ3v) is 6.97. The SMILES string of the molecule is CC.CC.CC.CCC.CCC.CCCC1(C(C)CCCC(C)C)CCCC(C)C1.CCCCCCC(C)C. The normalized spacial score (nSPS) is 18.0. The van der Waals surface area contributed by atoms with Gasteiger partial charge >= 0.3 is 0 Å². The molecule has 1 aliphatic rings. The molecule has 0 aromatic carbocycles. The number of hydrogen-bond donors (Lipinski definition) is 0. The van der Waals surface area contributed by atoms with Crippen molar-refractivity contribution in [3.8, 4) is 0 Å². The van der Waals surface area contributed by atoms with E-state index in [1.165, 1.54) is 103 Å². The molecule has 0 heterocycles. The second-order valence-corrected chi connectivity index (χ2v) is 12.2. The van der Waals surface area contributed by atoms with Gasteiger partial charge < -0.3 is 0 Å². The van der Waals surface area contributed by atoms with Crippen molar-refractivity contribution in [2.24, 2.45) is 29.1 Å². The van der Waals surface area contributed by atoms with E-state index in [9.17, 15) is 0 Å². The Bertz CT molecular complexity index is 336. The van der Waals surface area contributed by atoms with Gasteiger partial charge in [0.15, 0.2) is 0 Å². The molecule has 3 unspecified atom stereocenters. The van der Waals surface area contributed by atoms with Crippen molar-refractivity contribution in [3.05, 3.63) is 0 Å². The summed E-state index contributed by atoms with van der Waals surface area (Å²) >= 11 is 0. The predicted molar refractivity (Wildman–Crippen MR) is 192 cm³/mol. The molecule has 39 heavy (non-hydrogen) atoms. The van der Waals surface area contributed by atoms with Crippen LogP contribution >= 0.6 is 0 Å². The van der Waals surface area contributed by atoms with E-state index in [0.717, 1.165) is 23.7 Å². The fourth-order valence-corrected chi connectivity index (χ4v) is 5.24. The van der Waals surface area contributed by atoms with Crippen molar-refractivity contribution in [1.29, 1.82) is 0 Å². The van der Waals surface area contributed by atoms with Crippen LogP contribution in [0.15, 0.2) is 0 Å². The minimum absolute atomic E-state index is 0.698. The molecule has 0 bridgehead atoms. The Balaban J connectivity index is -0.000000109. The Morgan fingerprint density at radius 1 is 0.590 bits per heavy atom. The van der Waals surface area contributed by atoms with E-state index in [1.807, 2.05) is 41.5 Å². The van der Waals surface area contributed by atoms with Crippen molar-refractivity contribution in [2.75, 3.05) is 0 Å². The molecule has 0 aromatic rings. The van der Waals surface area contributed by atoms with Crippen LogP contribution in [-0.4, -0.2) is 0 Å². The van der Waals surface area contributed by atoms with E-state index in [2.05, 4.69) is 83.1 Å². The number of unbranched alkanes of at least 4 members (excludes halogenated alkanes) is 3. The summed E-state index contributed by atoms with van der Waals surface area (Å²) in [5.74, 6) is 3.70. The summed E-state index contributed by atoms with van der Waals surface area (Å²) < 4.78 is 0. The summed E-state index contributed by atoms with van der Waals surface area (Å²) in [6.45, 7) is 39.5. The lowest BCUT2D eigenvalue weighted by molar-refractivity contribution is 0.0592. The Labute approximate surface area is 256 Å². The Morgan fingerprint density at radius 3 is 1.38 bits per heavy atom. The molecule has 0 aromatic heterocycles. The van der Waals surface area contributed by atoms with Gasteiger partial charge in [0.1, 0.15) is 0 Å². The fraction of sp³-hybridized carbons (Fsp3) is 1.00. The molecule has 0 spiro atoms. The number of rotatable bonds is 12. The van der Waals surface area contributed by atoms with Gasteiger partial charge in [0.25, 0.3) is 0 Å². The van der Waals surface area contributed by atoms with Gasteiger partial charge in [-0.15, -0.1) is 0 Å². The Kier molecular flexibility index (Phi) is 59.7. The third kappa shape index (κ3) is 42.6. The van der Waals surface area contributed by atoms with E-state index in [-0.39, 0.29) is 0 Å². The first kappa shape index (κ1) is 51.7. The van der Waals surface area contributed by atoms with E-state index in [1.54, 1.807) is 0 Å². The maximum absolute atomic E-state index is 2.55. The lowest BCUT2D eigenvalue weighted by Gasteiger charge is -2.45. The second kappa shape index (κ2) is 45.0. The average molecular weight is 559 g/mol. The van der Waals surface area contributed by atoms with Crippen molar-refractivity contribution in [3.63, 3.8) is 0 Å². The summed E-state index contributed by atoms with van der Waals surface area (Å²) in [6.07, 6.45) is 22.7. The van der Waals surface area contributed by atoms with E-state index in [0.29, 0.717) is 5.41 Å². The maximum atomic E-state index is 2.55. The molecular weight excluding hydrogens is 468 g/mol. The van der Waals surface area contributed by atoms with Crippen molar-refractivity contribution in [2.45, 2.75) is 227 Å². The lowest BCUT2D eigenvalue weighted by atomic mass is 9.60. The van der Waals surface area contributed by atoms with E-state index >= 15 is 0 Å². The summed E-state index contributed by atoms with van der Waals surface area (Å²) in [4.78, 5) is 0. The molecule has 1 saturated carbocycles. The molecular formula is C39H90. The van der Waals surface area contributed by atoms with Gasteiger partial charge in [-0.2, -0.15) is 0 Å². The van der Waals surface area contributed by atoms with Crippen LogP contribution in [0, 0.1) is 29.1 Å². The van der Waals surface area contributed by atoms with Gasteiger partial charge in [0.2, 0.25) is 0 Å². The molecule has 3 atom stereocenters. The van der Waals surface area contributed by atoms with Crippen LogP contribution in [0.3, 0.4) is 0 Å². The summed E-state index contributed by atoms with van der Waals surface area (Å²) in [7, 11) is 0. The molecule has 0 nitrogen and oxygen atoms in total. The summed E-state index contributed by atoms with van der Waals surface area (Å²) in [5, 5.41) is 0. The Morgan fingerprint density at radius 2 is 1.03 bits per heavy atom. The van der Waals surface area contributed by atoms with Crippen molar-refractivity contribution < 1.29 is 0 Å². The van der Waals surface area contributed by atoms with Gasteiger partial charge in [0, 0.05) is 0 Å². The monoisotopic (exact) mass is 559 g/mol. The highest BCUT2D eigenvalue weighted by Crippen LogP contribution is 2.49. The van der Waals surface area contributed by atoms with Crippen molar-refractivity contribution in [1.82, 2.24) is 0 Å². The molecule has 0 radical (unpaired) electrons. The standard InChI is InChI=1S/C18H36.C9H20.2C3H8.3C2H6/c1-6-12-18(13-8-10-16(4)14-18)17(5)11-7-9-15(2)3;1-4-5-6-7-8-9(2)3;2*1-3-2;3*1-2/h15-17H,6-14H2,1-5H3;9H,4-8H2,1-3H3;2*3H2,1-2H3;3*1-2H3. The maximum Gasteiger partial charge on any atom is -0.0269 e. The summed E-state index contributed by atoms with van der Waals surface area (Å²) in [5.41, 5.74) is 0.698. The van der Waals surface area contributed by atoms with Crippen LogP contribution in [0.25, 0.3) is 0 Å². The minimum Gasteiger partial charge on any atom is -0.0683 e. The first-order valence-corrected chi connectivity index (χ1v) is 18.6. The van der Waals surface area contributed by atoms with Gasteiger partial charge in [-0.3, -0.25) is 0 Å². The van der Waals surface area contributed by atoms with Crippen LogP contribution in [0.4, 0.5) is 0 Å². The molecule has 0 N–H and O–H groups in total.